The lowest BCUT2D eigenvalue weighted by Crippen LogP contribution is -2.29. The van der Waals surface area contributed by atoms with E-state index in [0.29, 0.717) is 11.3 Å². The van der Waals surface area contributed by atoms with Gasteiger partial charge in [0.15, 0.2) is 5.13 Å². The molecule has 0 spiro atoms. The van der Waals surface area contributed by atoms with Gasteiger partial charge in [-0.15, -0.1) is 0 Å². The second-order valence-corrected chi connectivity index (χ2v) is 14.3. The molecule has 5 aromatic rings. The third kappa shape index (κ3) is 5.72. The van der Waals surface area contributed by atoms with Crippen LogP contribution in [0.5, 0.6) is 11.5 Å². The Hall–Kier alpha value is -4.36. The molecule has 7 heteroatoms. The van der Waals surface area contributed by atoms with Gasteiger partial charge in [0.1, 0.15) is 17.3 Å². The molecule has 4 aromatic carbocycles. The van der Waals surface area contributed by atoms with Crippen LogP contribution < -0.4 is 19.4 Å². The molecule has 2 saturated heterocycles. The molecule has 0 radical (unpaired) electrons. The minimum absolute atomic E-state index is 0.161. The van der Waals surface area contributed by atoms with Crippen molar-refractivity contribution in [3.63, 3.8) is 0 Å². The smallest absolute Gasteiger partial charge is 0.190 e. The predicted molar refractivity (Wildman–Crippen MR) is 197 cm³/mol. The molecule has 48 heavy (non-hydrogen) atoms. The first-order valence-corrected chi connectivity index (χ1v) is 18.4. The van der Waals surface area contributed by atoms with E-state index in [9.17, 15) is 0 Å². The van der Waals surface area contributed by atoms with Gasteiger partial charge in [-0.3, -0.25) is 0 Å². The lowest BCUT2D eigenvalue weighted by Gasteiger charge is -2.34. The van der Waals surface area contributed by atoms with Crippen LogP contribution in [-0.2, 0) is 0 Å². The highest BCUT2D eigenvalue weighted by molar-refractivity contribution is 7.16. The standard InChI is InChI=1S/C41H43FN4OS/c1-3-46(35-17-9-6-14-28(35)2)41-43-39(31-15-7-8-16-34(31)42)40(48-41)38-32-20-18-29(44-22-10-4-11-23-44)26-36(32)47-37-27-30(19-21-33(37)38)45-24-12-5-13-25-45/h6-9,14-21,26-27,38H,3-5,10-13,22-25H2,1-2H3. The summed E-state index contributed by atoms with van der Waals surface area (Å²) >= 11 is 1.67. The van der Waals surface area contributed by atoms with Crippen molar-refractivity contribution < 1.29 is 9.13 Å². The molecule has 8 rings (SSSR count). The molecule has 246 valence electrons. The quantitative estimate of drug-likeness (QED) is 0.170. The van der Waals surface area contributed by atoms with Crippen molar-refractivity contribution in [2.45, 2.75) is 58.3 Å². The Morgan fingerprint density at radius 2 is 1.35 bits per heavy atom. The number of rotatable bonds is 7. The van der Waals surface area contributed by atoms with Gasteiger partial charge < -0.3 is 19.4 Å². The van der Waals surface area contributed by atoms with Crippen LogP contribution in [0.25, 0.3) is 11.3 Å². The number of fused-ring (bicyclic) bond motifs is 2. The Labute approximate surface area is 287 Å². The van der Waals surface area contributed by atoms with Crippen LogP contribution in [0.15, 0.2) is 84.9 Å². The zero-order chi connectivity index (χ0) is 32.6. The summed E-state index contributed by atoms with van der Waals surface area (Å²) < 4.78 is 22.6. The summed E-state index contributed by atoms with van der Waals surface area (Å²) in [5, 5.41) is 0.865. The van der Waals surface area contributed by atoms with E-state index in [1.165, 1.54) is 55.5 Å². The number of nitrogens with zero attached hydrogens (tertiary/aromatic N) is 4. The lowest BCUT2D eigenvalue weighted by atomic mass is 9.84. The maximum absolute atomic E-state index is 15.7. The zero-order valence-corrected chi connectivity index (χ0v) is 28.7. The van der Waals surface area contributed by atoms with E-state index in [1.54, 1.807) is 23.5 Å². The fraction of sp³-hybridized carbons (Fsp3) is 0.341. The molecular formula is C41H43FN4OS. The molecule has 0 atom stereocenters. The summed E-state index contributed by atoms with van der Waals surface area (Å²) in [5.74, 6) is 1.34. The van der Waals surface area contributed by atoms with Crippen molar-refractivity contribution in [3.8, 4) is 22.8 Å². The average Bonchev–Trinajstić information content (AvgIpc) is 3.56. The Kier molecular flexibility index (Phi) is 8.55. The van der Waals surface area contributed by atoms with E-state index in [2.05, 4.69) is 89.2 Å². The second-order valence-electron chi connectivity index (χ2n) is 13.3. The normalized spacial score (nSPS) is 16.3. The van der Waals surface area contributed by atoms with Gasteiger partial charge in [0, 0.05) is 83.5 Å². The van der Waals surface area contributed by atoms with Crippen molar-refractivity contribution in [3.05, 3.63) is 112 Å². The number of piperidine rings is 2. The molecule has 4 heterocycles. The molecule has 1 aromatic heterocycles. The number of thiazole rings is 1. The maximum atomic E-state index is 15.7. The van der Waals surface area contributed by atoms with Crippen LogP contribution >= 0.6 is 11.3 Å². The zero-order valence-electron chi connectivity index (χ0n) is 27.9. The first kappa shape index (κ1) is 30.9. The first-order chi connectivity index (χ1) is 23.6. The van der Waals surface area contributed by atoms with Crippen molar-refractivity contribution >= 4 is 33.5 Å². The van der Waals surface area contributed by atoms with Crippen LogP contribution in [0, 0.1) is 12.7 Å². The SMILES string of the molecule is CCN(c1nc(-c2ccccc2F)c(C2c3ccc(N4CCCCC4)cc3Oc3cc(N4CCCCC4)ccc32)s1)c1ccccc1C. The lowest BCUT2D eigenvalue weighted by molar-refractivity contribution is 0.452. The molecule has 0 bridgehead atoms. The van der Waals surface area contributed by atoms with Crippen LogP contribution in [-0.4, -0.2) is 37.7 Å². The molecule has 0 aliphatic carbocycles. The molecule has 2 fully saturated rings. The maximum Gasteiger partial charge on any atom is 0.190 e. The van der Waals surface area contributed by atoms with Gasteiger partial charge in [0.05, 0.1) is 11.6 Å². The van der Waals surface area contributed by atoms with E-state index in [0.717, 1.165) is 71.0 Å². The Bertz CT molecular complexity index is 1860. The molecule has 5 nitrogen and oxygen atoms in total. The van der Waals surface area contributed by atoms with Gasteiger partial charge in [0.25, 0.3) is 0 Å². The van der Waals surface area contributed by atoms with Gasteiger partial charge >= 0.3 is 0 Å². The number of ether oxygens (including phenoxy) is 1. The molecule has 0 unspecified atom stereocenters. The van der Waals surface area contributed by atoms with Gasteiger partial charge in [-0.05, 0) is 88.3 Å². The van der Waals surface area contributed by atoms with Gasteiger partial charge in [-0.2, -0.15) is 0 Å². The molecule has 0 saturated carbocycles. The minimum atomic E-state index is -0.261. The predicted octanol–water partition coefficient (Wildman–Crippen LogP) is 10.7. The fourth-order valence-electron chi connectivity index (χ4n) is 7.72. The number of para-hydroxylation sites is 1. The third-order valence-corrected chi connectivity index (χ3v) is 11.4. The second kappa shape index (κ2) is 13.3. The summed E-state index contributed by atoms with van der Waals surface area (Å²) in [4.78, 5) is 13.5. The van der Waals surface area contributed by atoms with Crippen LogP contribution in [0.4, 0.5) is 26.6 Å². The number of aryl methyl sites for hydroxylation is 1. The van der Waals surface area contributed by atoms with Crippen LogP contribution in [0.1, 0.15) is 72.9 Å². The molecule has 3 aliphatic heterocycles. The Morgan fingerprint density at radius 1 is 0.771 bits per heavy atom. The number of hydrogen-bond donors (Lipinski definition) is 0. The van der Waals surface area contributed by atoms with Crippen molar-refractivity contribution in [2.24, 2.45) is 0 Å². The highest BCUT2D eigenvalue weighted by Crippen LogP contribution is 2.54. The summed E-state index contributed by atoms with van der Waals surface area (Å²) in [7, 11) is 0. The summed E-state index contributed by atoms with van der Waals surface area (Å²) in [6.45, 7) is 9.31. The highest BCUT2D eigenvalue weighted by Gasteiger charge is 2.35. The number of aromatic nitrogens is 1. The van der Waals surface area contributed by atoms with Crippen molar-refractivity contribution in [1.82, 2.24) is 4.98 Å². The fourth-order valence-corrected chi connectivity index (χ4v) is 9.01. The summed E-state index contributed by atoms with van der Waals surface area (Å²) in [6.07, 6.45) is 7.44. The van der Waals surface area contributed by atoms with E-state index >= 15 is 4.39 Å². The Balaban J connectivity index is 1.32. The van der Waals surface area contributed by atoms with E-state index in [4.69, 9.17) is 9.72 Å². The van der Waals surface area contributed by atoms with Crippen LogP contribution in [0.2, 0.25) is 0 Å². The molecule has 0 N–H and O–H groups in total. The van der Waals surface area contributed by atoms with Crippen molar-refractivity contribution in [1.29, 1.82) is 0 Å². The molecule has 3 aliphatic rings. The number of halogens is 1. The average molecular weight is 659 g/mol. The number of benzene rings is 4. The van der Waals surface area contributed by atoms with Gasteiger partial charge in [0.2, 0.25) is 0 Å². The third-order valence-electron chi connectivity index (χ3n) is 10.3. The summed E-state index contributed by atoms with van der Waals surface area (Å²) in [6, 6.07) is 28.9. The van der Waals surface area contributed by atoms with E-state index < -0.39 is 0 Å². The number of anilines is 4. The van der Waals surface area contributed by atoms with E-state index in [-0.39, 0.29) is 11.7 Å². The van der Waals surface area contributed by atoms with Gasteiger partial charge in [-0.25, -0.2) is 9.37 Å². The monoisotopic (exact) mass is 658 g/mol. The minimum Gasteiger partial charge on any atom is -0.457 e. The molecular weight excluding hydrogens is 616 g/mol. The van der Waals surface area contributed by atoms with E-state index in [1.807, 2.05) is 12.1 Å². The van der Waals surface area contributed by atoms with Crippen LogP contribution in [0.3, 0.4) is 0 Å². The topological polar surface area (TPSA) is 31.8 Å². The first-order valence-electron chi connectivity index (χ1n) is 17.6. The van der Waals surface area contributed by atoms with Crippen molar-refractivity contribution in [2.75, 3.05) is 47.4 Å². The Morgan fingerprint density at radius 3 is 1.94 bits per heavy atom. The summed E-state index contributed by atoms with van der Waals surface area (Å²) in [5.41, 5.74) is 8.13. The largest absolute Gasteiger partial charge is 0.457 e. The molecule has 0 amide bonds. The highest BCUT2D eigenvalue weighted by atomic mass is 32.1. The number of hydrogen-bond acceptors (Lipinski definition) is 6. The van der Waals surface area contributed by atoms with Gasteiger partial charge in [-0.1, -0.05) is 53.8 Å².